The lowest BCUT2D eigenvalue weighted by atomic mass is 10.1. The first-order valence-corrected chi connectivity index (χ1v) is 9.23. The molecule has 0 spiro atoms. The third-order valence-electron chi connectivity index (χ3n) is 5.09. The van der Waals surface area contributed by atoms with Crippen LogP contribution in [0.1, 0.15) is 30.4 Å². The number of nitrogens with zero attached hydrogens (tertiary/aromatic N) is 2. The van der Waals surface area contributed by atoms with Gasteiger partial charge in [0.2, 0.25) is 0 Å². The van der Waals surface area contributed by atoms with Crippen LogP contribution in [0.25, 0.3) is 0 Å². The number of carbonyl (C=O) groups is 1. The lowest BCUT2D eigenvalue weighted by Gasteiger charge is -2.34. The number of carbonyl (C=O) groups excluding carboxylic acids is 1. The Bertz CT molecular complexity index is 548. The first kappa shape index (κ1) is 18.2. The highest BCUT2D eigenvalue weighted by molar-refractivity contribution is 5.74. The van der Waals surface area contributed by atoms with Crippen molar-refractivity contribution in [2.45, 2.75) is 31.8 Å². The van der Waals surface area contributed by atoms with Crippen LogP contribution >= 0.6 is 0 Å². The molecule has 1 unspecified atom stereocenters. The van der Waals surface area contributed by atoms with Crippen LogP contribution in [0.3, 0.4) is 0 Å². The number of piperidine rings is 1. The number of aryl methyl sites for hydroxylation is 1. The molecule has 0 aliphatic carbocycles. The van der Waals surface area contributed by atoms with Gasteiger partial charge in [0, 0.05) is 25.7 Å². The van der Waals surface area contributed by atoms with Crippen molar-refractivity contribution in [1.29, 1.82) is 0 Å². The maximum atomic E-state index is 12.3. The van der Waals surface area contributed by atoms with Gasteiger partial charge < -0.3 is 24.7 Å². The van der Waals surface area contributed by atoms with Crippen molar-refractivity contribution in [1.82, 2.24) is 20.4 Å². The molecule has 2 saturated heterocycles. The molecule has 2 N–H and O–H groups in total. The van der Waals surface area contributed by atoms with Crippen molar-refractivity contribution in [3.05, 3.63) is 23.7 Å². The van der Waals surface area contributed by atoms with Crippen LogP contribution < -0.4 is 10.6 Å². The first-order chi connectivity index (χ1) is 12.1. The maximum Gasteiger partial charge on any atom is 0.315 e. The van der Waals surface area contributed by atoms with Gasteiger partial charge in [0.15, 0.2) is 0 Å². The van der Waals surface area contributed by atoms with Gasteiger partial charge in [-0.2, -0.15) is 0 Å². The van der Waals surface area contributed by atoms with Gasteiger partial charge in [-0.15, -0.1) is 0 Å². The first-order valence-electron chi connectivity index (χ1n) is 9.23. The third-order valence-corrected chi connectivity index (χ3v) is 5.09. The van der Waals surface area contributed by atoms with E-state index in [9.17, 15) is 4.79 Å². The van der Waals surface area contributed by atoms with E-state index in [2.05, 4.69) is 27.5 Å². The van der Waals surface area contributed by atoms with Crippen LogP contribution in [-0.2, 0) is 4.74 Å². The van der Waals surface area contributed by atoms with E-state index in [-0.39, 0.29) is 18.1 Å². The van der Waals surface area contributed by atoms with Gasteiger partial charge in [-0.1, -0.05) is 0 Å². The van der Waals surface area contributed by atoms with Crippen molar-refractivity contribution in [3.8, 4) is 0 Å². The van der Waals surface area contributed by atoms with Crippen LogP contribution in [0.4, 0.5) is 4.79 Å². The van der Waals surface area contributed by atoms with E-state index in [4.69, 9.17) is 9.15 Å². The predicted molar refractivity (Wildman–Crippen MR) is 95.6 cm³/mol. The van der Waals surface area contributed by atoms with E-state index >= 15 is 0 Å². The molecule has 0 aromatic carbocycles. The number of rotatable bonds is 5. The van der Waals surface area contributed by atoms with E-state index in [0.717, 1.165) is 63.8 Å². The molecule has 2 aliphatic heterocycles. The fraction of sp³-hybridized carbons (Fsp3) is 0.722. The Morgan fingerprint density at radius 2 is 1.96 bits per heavy atom. The molecule has 140 valence electrons. The predicted octanol–water partition coefficient (Wildman–Crippen LogP) is 1.35. The summed E-state index contributed by atoms with van der Waals surface area (Å²) >= 11 is 0. The van der Waals surface area contributed by atoms with Gasteiger partial charge in [0.1, 0.15) is 11.5 Å². The second kappa shape index (κ2) is 8.69. The summed E-state index contributed by atoms with van der Waals surface area (Å²) in [7, 11) is 2.12. The Hall–Kier alpha value is -1.57. The van der Waals surface area contributed by atoms with Gasteiger partial charge in [-0.25, -0.2) is 4.79 Å². The highest BCUT2D eigenvalue weighted by Gasteiger charge is 2.26. The van der Waals surface area contributed by atoms with Gasteiger partial charge in [-0.3, -0.25) is 4.90 Å². The Labute approximate surface area is 149 Å². The monoisotopic (exact) mass is 350 g/mol. The van der Waals surface area contributed by atoms with Crippen molar-refractivity contribution < 1.29 is 13.9 Å². The van der Waals surface area contributed by atoms with Crippen LogP contribution in [-0.4, -0.2) is 74.9 Å². The molecule has 2 fully saturated rings. The van der Waals surface area contributed by atoms with Crippen LogP contribution in [0.5, 0.6) is 0 Å². The van der Waals surface area contributed by atoms with Gasteiger partial charge in [-0.05, 0) is 52.0 Å². The summed E-state index contributed by atoms with van der Waals surface area (Å²) in [6.45, 7) is 7.69. The fourth-order valence-corrected chi connectivity index (χ4v) is 3.51. The van der Waals surface area contributed by atoms with Crippen LogP contribution in [0.15, 0.2) is 16.5 Å². The number of morpholine rings is 1. The smallest absolute Gasteiger partial charge is 0.315 e. The molecule has 0 radical (unpaired) electrons. The van der Waals surface area contributed by atoms with Crippen molar-refractivity contribution in [2.24, 2.45) is 0 Å². The average molecular weight is 350 g/mol. The molecule has 7 heteroatoms. The van der Waals surface area contributed by atoms with Gasteiger partial charge in [0.25, 0.3) is 0 Å². The molecule has 1 atom stereocenters. The highest BCUT2D eigenvalue weighted by Crippen LogP contribution is 2.23. The molecule has 25 heavy (non-hydrogen) atoms. The number of hydrogen-bond donors (Lipinski definition) is 2. The zero-order valence-electron chi connectivity index (χ0n) is 15.3. The molecule has 3 rings (SSSR count). The lowest BCUT2D eigenvalue weighted by molar-refractivity contribution is 0.0121. The zero-order chi connectivity index (χ0) is 17.6. The molecule has 0 saturated carbocycles. The minimum Gasteiger partial charge on any atom is -0.465 e. The van der Waals surface area contributed by atoms with Gasteiger partial charge >= 0.3 is 6.03 Å². The zero-order valence-corrected chi connectivity index (χ0v) is 15.3. The number of likely N-dealkylation sites (tertiary alicyclic amines) is 1. The maximum absolute atomic E-state index is 12.3. The third kappa shape index (κ3) is 5.20. The van der Waals surface area contributed by atoms with Gasteiger partial charge in [0.05, 0.1) is 19.3 Å². The fourth-order valence-electron chi connectivity index (χ4n) is 3.51. The minimum absolute atomic E-state index is 0.0424. The van der Waals surface area contributed by atoms with E-state index in [0.29, 0.717) is 6.54 Å². The Kier molecular flexibility index (Phi) is 6.34. The Morgan fingerprint density at radius 3 is 2.60 bits per heavy atom. The van der Waals surface area contributed by atoms with Crippen molar-refractivity contribution in [2.75, 3.05) is 53.0 Å². The number of furan rings is 1. The van der Waals surface area contributed by atoms with E-state index in [1.807, 2.05) is 19.1 Å². The summed E-state index contributed by atoms with van der Waals surface area (Å²) in [4.78, 5) is 16.9. The molecule has 1 aromatic heterocycles. The molecular formula is C18H30N4O3. The number of amides is 2. The van der Waals surface area contributed by atoms with Crippen molar-refractivity contribution >= 4 is 6.03 Å². The summed E-state index contributed by atoms with van der Waals surface area (Å²) in [5, 5.41) is 6.14. The molecule has 3 heterocycles. The van der Waals surface area contributed by atoms with Crippen LogP contribution in [0, 0.1) is 6.92 Å². The summed E-state index contributed by atoms with van der Waals surface area (Å²) in [6, 6.07) is 4.20. The highest BCUT2D eigenvalue weighted by atomic mass is 16.5. The average Bonchev–Trinajstić information content (AvgIpc) is 3.04. The Morgan fingerprint density at radius 1 is 1.24 bits per heavy atom. The van der Waals surface area contributed by atoms with E-state index in [1.165, 1.54) is 0 Å². The standard InChI is InChI=1S/C18H30N4O3/c1-14-3-4-17(25-14)16(22-9-11-24-12-10-22)13-19-18(23)20-15-5-7-21(2)8-6-15/h3-4,15-16H,5-13H2,1-2H3,(H2,19,20,23). The SMILES string of the molecule is Cc1ccc(C(CNC(=O)NC2CCN(C)CC2)N2CCOCC2)o1. The summed E-state index contributed by atoms with van der Waals surface area (Å²) in [5.41, 5.74) is 0. The normalized spacial score (nSPS) is 21.8. The number of urea groups is 1. The summed E-state index contributed by atoms with van der Waals surface area (Å²) in [5.74, 6) is 1.79. The molecule has 1 aromatic rings. The van der Waals surface area contributed by atoms with Crippen LogP contribution in [0.2, 0.25) is 0 Å². The van der Waals surface area contributed by atoms with E-state index < -0.39 is 0 Å². The Balaban J connectivity index is 1.53. The number of nitrogens with one attached hydrogen (secondary N) is 2. The number of hydrogen-bond acceptors (Lipinski definition) is 5. The molecule has 2 amide bonds. The number of ether oxygens (including phenoxy) is 1. The lowest BCUT2D eigenvalue weighted by Crippen LogP contribution is -2.49. The molecule has 2 aliphatic rings. The minimum atomic E-state index is -0.0870. The second-order valence-electron chi connectivity index (χ2n) is 7.04. The quantitative estimate of drug-likeness (QED) is 0.839. The van der Waals surface area contributed by atoms with Crippen molar-refractivity contribution in [3.63, 3.8) is 0 Å². The largest absolute Gasteiger partial charge is 0.465 e. The molecule has 7 nitrogen and oxygen atoms in total. The molecular weight excluding hydrogens is 320 g/mol. The second-order valence-corrected chi connectivity index (χ2v) is 7.04. The topological polar surface area (TPSA) is 70.0 Å². The summed E-state index contributed by atoms with van der Waals surface area (Å²) in [6.07, 6.45) is 2.02. The van der Waals surface area contributed by atoms with E-state index in [1.54, 1.807) is 0 Å². The summed E-state index contributed by atoms with van der Waals surface area (Å²) < 4.78 is 11.3. The molecule has 0 bridgehead atoms.